The van der Waals surface area contributed by atoms with E-state index < -0.39 is 0 Å². The van der Waals surface area contributed by atoms with Gasteiger partial charge in [0.1, 0.15) is 0 Å². The van der Waals surface area contributed by atoms with Gasteiger partial charge in [-0.1, -0.05) is 18.2 Å². The minimum Gasteiger partial charge on any atom is -0.493 e. The molecule has 0 aromatic heterocycles. The molecule has 1 rings (SSSR count). The van der Waals surface area contributed by atoms with Gasteiger partial charge in [-0.05, 0) is 13.0 Å². The van der Waals surface area contributed by atoms with Crippen LogP contribution in [0.4, 0.5) is 0 Å². The molecule has 0 aliphatic heterocycles. The smallest absolute Gasteiger partial charge is 0.165 e. The number of nitrogens with one attached hydrogen (secondary N) is 1. The molecule has 3 nitrogen and oxygen atoms in total. The molecular weight excluding hydrogens is 202 g/mol. The molecule has 0 saturated carbocycles. The zero-order valence-corrected chi connectivity index (χ0v) is 10.1. The van der Waals surface area contributed by atoms with E-state index >= 15 is 0 Å². The number of hydrogen-bond acceptors (Lipinski definition) is 3. The Morgan fingerprint density at radius 3 is 2.69 bits per heavy atom. The second-order valence-corrected chi connectivity index (χ2v) is 3.56. The first-order valence-corrected chi connectivity index (χ1v) is 5.28. The molecule has 1 aromatic carbocycles. The summed E-state index contributed by atoms with van der Waals surface area (Å²) in [7, 11) is 3.29. The Labute approximate surface area is 97.1 Å². The average molecular weight is 221 g/mol. The second kappa shape index (κ2) is 6.18. The highest BCUT2D eigenvalue weighted by Crippen LogP contribution is 2.30. The standard InChI is InChI=1S/C13H19NO2/c1-5-10(2)14-9-11-7-6-8-12(15-3)13(11)16-4/h5-8,10,14H,1,9H2,2-4H3. The molecule has 0 aliphatic carbocycles. The van der Waals surface area contributed by atoms with E-state index in [0.717, 1.165) is 23.6 Å². The van der Waals surface area contributed by atoms with Crippen molar-refractivity contribution in [3.8, 4) is 11.5 Å². The third-order valence-electron chi connectivity index (χ3n) is 2.45. The van der Waals surface area contributed by atoms with Crippen LogP contribution in [-0.2, 0) is 6.54 Å². The maximum Gasteiger partial charge on any atom is 0.165 e. The van der Waals surface area contributed by atoms with Crippen LogP contribution in [0, 0.1) is 0 Å². The molecule has 0 spiro atoms. The number of ether oxygens (including phenoxy) is 2. The largest absolute Gasteiger partial charge is 0.493 e. The van der Waals surface area contributed by atoms with Crippen LogP contribution in [0.2, 0.25) is 0 Å². The lowest BCUT2D eigenvalue weighted by Crippen LogP contribution is -2.23. The predicted molar refractivity (Wildman–Crippen MR) is 66.0 cm³/mol. The van der Waals surface area contributed by atoms with Gasteiger partial charge in [-0.2, -0.15) is 0 Å². The van der Waals surface area contributed by atoms with Crippen LogP contribution in [0.3, 0.4) is 0 Å². The SMILES string of the molecule is C=CC(C)NCc1cccc(OC)c1OC. The fraction of sp³-hybridized carbons (Fsp3) is 0.385. The lowest BCUT2D eigenvalue weighted by Gasteiger charge is -2.14. The highest BCUT2D eigenvalue weighted by molar-refractivity contribution is 5.46. The predicted octanol–water partition coefficient (Wildman–Crippen LogP) is 2.37. The number of benzene rings is 1. The summed E-state index contributed by atoms with van der Waals surface area (Å²) in [6, 6.07) is 6.14. The fourth-order valence-electron chi connectivity index (χ4n) is 1.45. The Bertz CT molecular complexity index is 350. The van der Waals surface area contributed by atoms with Crippen LogP contribution in [0.25, 0.3) is 0 Å². The molecule has 0 bridgehead atoms. The topological polar surface area (TPSA) is 30.5 Å². The van der Waals surface area contributed by atoms with Crippen molar-refractivity contribution in [3.05, 3.63) is 36.4 Å². The van der Waals surface area contributed by atoms with E-state index in [9.17, 15) is 0 Å². The average Bonchev–Trinajstić information content (AvgIpc) is 2.34. The minimum absolute atomic E-state index is 0.274. The van der Waals surface area contributed by atoms with Crippen LogP contribution in [-0.4, -0.2) is 20.3 Å². The summed E-state index contributed by atoms with van der Waals surface area (Å²) in [5.41, 5.74) is 1.08. The van der Waals surface area contributed by atoms with E-state index in [0.29, 0.717) is 0 Å². The monoisotopic (exact) mass is 221 g/mol. The van der Waals surface area contributed by atoms with Gasteiger partial charge in [-0.15, -0.1) is 6.58 Å². The molecule has 0 heterocycles. The van der Waals surface area contributed by atoms with Crippen molar-refractivity contribution in [1.82, 2.24) is 5.32 Å². The number of para-hydroxylation sites is 1. The maximum absolute atomic E-state index is 5.34. The number of rotatable bonds is 6. The van der Waals surface area contributed by atoms with Gasteiger partial charge in [-0.25, -0.2) is 0 Å². The van der Waals surface area contributed by atoms with Crippen molar-refractivity contribution in [2.24, 2.45) is 0 Å². The second-order valence-electron chi connectivity index (χ2n) is 3.56. The quantitative estimate of drug-likeness (QED) is 0.748. The molecule has 0 amide bonds. The first-order valence-electron chi connectivity index (χ1n) is 5.28. The Morgan fingerprint density at radius 2 is 2.12 bits per heavy atom. The van der Waals surface area contributed by atoms with E-state index in [4.69, 9.17) is 9.47 Å². The van der Waals surface area contributed by atoms with Crippen LogP contribution in [0.5, 0.6) is 11.5 Å². The molecule has 1 unspecified atom stereocenters. The molecule has 88 valence electrons. The zero-order chi connectivity index (χ0) is 12.0. The first kappa shape index (κ1) is 12.6. The molecule has 1 aromatic rings. The Kier molecular flexibility index (Phi) is 4.86. The van der Waals surface area contributed by atoms with E-state index in [2.05, 4.69) is 18.8 Å². The molecule has 1 N–H and O–H groups in total. The van der Waals surface area contributed by atoms with Gasteiger partial charge in [0.15, 0.2) is 11.5 Å². The van der Waals surface area contributed by atoms with Crippen LogP contribution in [0.15, 0.2) is 30.9 Å². The highest BCUT2D eigenvalue weighted by Gasteiger charge is 2.09. The first-order chi connectivity index (χ1) is 7.72. The Morgan fingerprint density at radius 1 is 1.38 bits per heavy atom. The summed E-state index contributed by atoms with van der Waals surface area (Å²) >= 11 is 0. The van der Waals surface area contributed by atoms with E-state index in [1.54, 1.807) is 14.2 Å². The third-order valence-corrected chi connectivity index (χ3v) is 2.45. The van der Waals surface area contributed by atoms with Crippen molar-refractivity contribution < 1.29 is 9.47 Å². The van der Waals surface area contributed by atoms with Crippen molar-refractivity contribution in [1.29, 1.82) is 0 Å². The van der Waals surface area contributed by atoms with E-state index in [-0.39, 0.29) is 6.04 Å². The zero-order valence-electron chi connectivity index (χ0n) is 10.1. The van der Waals surface area contributed by atoms with Gasteiger partial charge < -0.3 is 14.8 Å². The molecular formula is C13H19NO2. The highest BCUT2D eigenvalue weighted by atomic mass is 16.5. The van der Waals surface area contributed by atoms with Crippen LogP contribution >= 0.6 is 0 Å². The molecule has 3 heteroatoms. The maximum atomic E-state index is 5.34. The van der Waals surface area contributed by atoms with E-state index in [1.807, 2.05) is 24.3 Å². The molecule has 0 aliphatic rings. The van der Waals surface area contributed by atoms with Crippen molar-refractivity contribution in [3.63, 3.8) is 0 Å². The molecule has 16 heavy (non-hydrogen) atoms. The van der Waals surface area contributed by atoms with Crippen molar-refractivity contribution >= 4 is 0 Å². The van der Waals surface area contributed by atoms with Crippen LogP contribution < -0.4 is 14.8 Å². The summed E-state index contributed by atoms with van der Waals surface area (Å²) in [6.07, 6.45) is 1.87. The van der Waals surface area contributed by atoms with Gasteiger partial charge in [0.2, 0.25) is 0 Å². The normalized spacial score (nSPS) is 11.9. The number of hydrogen-bond donors (Lipinski definition) is 1. The van der Waals surface area contributed by atoms with Crippen molar-refractivity contribution in [2.75, 3.05) is 14.2 Å². The summed E-state index contributed by atoms with van der Waals surface area (Å²) in [5.74, 6) is 1.54. The Balaban J connectivity index is 2.82. The third kappa shape index (κ3) is 3.00. The van der Waals surface area contributed by atoms with Gasteiger partial charge in [0, 0.05) is 18.2 Å². The summed E-state index contributed by atoms with van der Waals surface area (Å²) in [6.45, 7) is 6.52. The summed E-state index contributed by atoms with van der Waals surface area (Å²) in [4.78, 5) is 0. The van der Waals surface area contributed by atoms with Gasteiger partial charge >= 0.3 is 0 Å². The Hall–Kier alpha value is -1.48. The molecule has 0 saturated heterocycles. The van der Waals surface area contributed by atoms with E-state index in [1.165, 1.54) is 0 Å². The minimum atomic E-state index is 0.274. The van der Waals surface area contributed by atoms with Gasteiger partial charge in [0.05, 0.1) is 14.2 Å². The molecule has 1 atom stereocenters. The fourth-order valence-corrected chi connectivity index (χ4v) is 1.45. The van der Waals surface area contributed by atoms with Gasteiger partial charge in [0.25, 0.3) is 0 Å². The lowest BCUT2D eigenvalue weighted by molar-refractivity contribution is 0.350. The molecule has 0 fully saturated rings. The summed E-state index contributed by atoms with van der Waals surface area (Å²) in [5, 5.41) is 3.32. The van der Waals surface area contributed by atoms with Gasteiger partial charge in [-0.3, -0.25) is 0 Å². The number of methoxy groups -OCH3 is 2. The molecule has 0 radical (unpaired) electrons. The van der Waals surface area contributed by atoms with Crippen LogP contribution in [0.1, 0.15) is 12.5 Å². The van der Waals surface area contributed by atoms with Crippen molar-refractivity contribution in [2.45, 2.75) is 19.5 Å². The lowest BCUT2D eigenvalue weighted by atomic mass is 10.1. The summed E-state index contributed by atoms with van der Waals surface area (Å²) < 4.78 is 10.6.